The van der Waals surface area contributed by atoms with Crippen molar-refractivity contribution in [3.63, 3.8) is 0 Å². The molecule has 0 amide bonds. The van der Waals surface area contributed by atoms with Crippen molar-refractivity contribution in [2.75, 3.05) is 0 Å². The van der Waals surface area contributed by atoms with Gasteiger partial charge in [-0.25, -0.2) is 0 Å². The van der Waals surface area contributed by atoms with Gasteiger partial charge in [0.25, 0.3) is 0 Å². The molecule has 0 spiro atoms. The second-order valence-corrected chi connectivity index (χ2v) is 7.29. The van der Waals surface area contributed by atoms with Crippen LogP contribution in [0.2, 0.25) is 0 Å². The van der Waals surface area contributed by atoms with E-state index in [0.717, 1.165) is 0 Å². The first-order chi connectivity index (χ1) is 4.19. The molecule has 10 heavy (non-hydrogen) atoms. The van der Waals surface area contributed by atoms with Gasteiger partial charge in [0.15, 0.2) is 0 Å². The van der Waals surface area contributed by atoms with Crippen LogP contribution in [0, 0.1) is 0 Å². The van der Waals surface area contributed by atoms with Gasteiger partial charge >= 0.3 is 0 Å². The van der Waals surface area contributed by atoms with Gasteiger partial charge in [-0.05, 0) is 27.7 Å². The number of hydrogen-bond acceptors (Lipinski definition) is 2. The highest BCUT2D eigenvalue weighted by Crippen LogP contribution is 2.32. The largest absolute Gasteiger partial charge is 0.324 e. The molecule has 0 fully saturated rings. The molecule has 0 bridgehead atoms. The molecule has 0 saturated carbocycles. The first kappa shape index (κ1) is 11.4. The van der Waals surface area contributed by atoms with E-state index in [9.17, 15) is 0 Å². The maximum atomic E-state index is 5.96. The highest BCUT2D eigenvalue weighted by Gasteiger charge is 2.37. The Balaban J connectivity index is 4.40. The summed E-state index contributed by atoms with van der Waals surface area (Å²) in [5.74, 6) is 0. The molecule has 0 aliphatic rings. The molecule has 0 heterocycles. The molecule has 0 rings (SSSR count). The first-order valence-corrected chi connectivity index (χ1v) is 5.03. The summed E-state index contributed by atoms with van der Waals surface area (Å²) in [6.45, 7) is 8.34. The Morgan fingerprint density at radius 3 is 1.40 bits per heavy atom. The number of rotatable bonds is 2. The Morgan fingerprint density at radius 2 is 1.40 bits per heavy atom. The summed E-state index contributed by atoms with van der Waals surface area (Å²) in [4.78, 5) is 0. The average Bonchev–Trinajstić information content (AvgIpc) is 1.62. The Labute approximate surface area is 90.9 Å². The van der Waals surface area contributed by atoms with E-state index >= 15 is 0 Å². The molecule has 0 atom stereocenters. The van der Waals surface area contributed by atoms with Gasteiger partial charge in [-0.15, -0.1) is 0 Å². The van der Waals surface area contributed by atoms with Crippen LogP contribution in [0.4, 0.5) is 0 Å². The first-order valence-electron chi connectivity index (χ1n) is 3.10. The van der Waals surface area contributed by atoms with Crippen molar-refractivity contribution >= 4 is 45.7 Å². The fourth-order valence-electron chi connectivity index (χ4n) is 0.218. The standard InChI is InChI=1S/C6H14I2N2/c1-5(2,9)6(3,4)10(7)8/h9H2,1-4H3. The SMILES string of the molecule is CC(C)(N)C(C)(C)N(I)I. The molecule has 0 saturated heterocycles. The molecule has 0 aliphatic heterocycles. The van der Waals surface area contributed by atoms with E-state index in [0.29, 0.717) is 0 Å². The second kappa shape index (κ2) is 3.40. The normalized spacial score (nSPS) is 14.4. The number of nitrogens with zero attached hydrogens (tertiary/aromatic N) is 1. The lowest BCUT2D eigenvalue weighted by Gasteiger charge is -2.41. The zero-order valence-electron chi connectivity index (χ0n) is 6.78. The van der Waals surface area contributed by atoms with E-state index in [1.165, 1.54) is 0 Å². The third-order valence-electron chi connectivity index (χ3n) is 2.00. The van der Waals surface area contributed by atoms with Crippen LogP contribution in [-0.4, -0.2) is 12.4 Å². The number of nitrogens with two attached hydrogens (primary N) is 1. The molecule has 2 nitrogen and oxygen atoms in total. The summed E-state index contributed by atoms with van der Waals surface area (Å²) in [7, 11) is 0. The minimum atomic E-state index is -0.171. The predicted molar refractivity (Wildman–Crippen MR) is 62.2 cm³/mol. The summed E-state index contributed by atoms with van der Waals surface area (Å²) in [5, 5.41) is 0. The summed E-state index contributed by atoms with van der Waals surface area (Å²) >= 11 is 4.50. The van der Waals surface area contributed by atoms with Crippen molar-refractivity contribution in [1.29, 1.82) is 0 Å². The van der Waals surface area contributed by atoms with Crippen LogP contribution in [0.15, 0.2) is 0 Å². The lowest BCUT2D eigenvalue weighted by Crippen LogP contribution is -2.56. The van der Waals surface area contributed by atoms with Crippen molar-refractivity contribution in [1.82, 2.24) is 1.33 Å². The summed E-state index contributed by atoms with van der Waals surface area (Å²) in [5.41, 5.74) is 5.81. The van der Waals surface area contributed by atoms with Gasteiger partial charge in [-0.3, -0.25) is 0 Å². The fourth-order valence-corrected chi connectivity index (χ4v) is 1.46. The quantitative estimate of drug-likeness (QED) is 0.600. The summed E-state index contributed by atoms with van der Waals surface area (Å²) in [6, 6.07) is 0. The monoisotopic (exact) mass is 368 g/mol. The molecule has 0 aromatic carbocycles. The zero-order chi connectivity index (χ0) is 8.58. The van der Waals surface area contributed by atoms with E-state index in [1.807, 2.05) is 13.8 Å². The van der Waals surface area contributed by atoms with Gasteiger partial charge in [-0.1, -0.05) is 0 Å². The number of hydrogen-bond donors (Lipinski definition) is 1. The van der Waals surface area contributed by atoms with Gasteiger partial charge < -0.3 is 5.73 Å². The molecular weight excluding hydrogens is 354 g/mol. The van der Waals surface area contributed by atoms with Crippen molar-refractivity contribution in [2.24, 2.45) is 5.73 Å². The molecular formula is C6H14I2N2. The molecule has 0 radical (unpaired) electrons. The van der Waals surface area contributed by atoms with Crippen LogP contribution in [0.25, 0.3) is 0 Å². The molecule has 0 aromatic heterocycles. The van der Waals surface area contributed by atoms with Gasteiger partial charge in [0.05, 0.1) is 5.54 Å². The van der Waals surface area contributed by atoms with Crippen molar-refractivity contribution < 1.29 is 0 Å². The topological polar surface area (TPSA) is 29.3 Å². The van der Waals surface area contributed by atoms with Crippen LogP contribution in [-0.2, 0) is 0 Å². The Bertz CT molecular complexity index is 115. The lowest BCUT2D eigenvalue weighted by molar-refractivity contribution is 0.248. The molecule has 2 N–H and O–H groups in total. The minimum absolute atomic E-state index is 0.0219. The minimum Gasteiger partial charge on any atom is -0.324 e. The van der Waals surface area contributed by atoms with Gasteiger partial charge in [-0.2, -0.15) is 1.33 Å². The van der Waals surface area contributed by atoms with Crippen molar-refractivity contribution in [3.05, 3.63) is 0 Å². The van der Waals surface area contributed by atoms with Gasteiger partial charge in [0.2, 0.25) is 0 Å². The lowest BCUT2D eigenvalue weighted by atomic mass is 9.85. The van der Waals surface area contributed by atoms with Crippen LogP contribution < -0.4 is 5.73 Å². The van der Waals surface area contributed by atoms with Crippen LogP contribution in [0.5, 0.6) is 0 Å². The van der Waals surface area contributed by atoms with E-state index in [2.05, 4.69) is 60.9 Å². The third kappa shape index (κ3) is 2.46. The second-order valence-electron chi connectivity index (χ2n) is 3.51. The maximum absolute atomic E-state index is 5.96. The maximum Gasteiger partial charge on any atom is 0.0525 e. The highest BCUT2D eigenvalue weighted by atomic mass is 127. The van der Waals surface area contributed by atoms with Crippen molar-refractivity contribution in [2.45, 2.75) is 38.8 Å². The Hall–Kier alpha value is 1.38. The van der Waals surface area contributed by atoms with Crippen LogP contribution in [0.1, 0.15) is 27.7 Å². The number of halogens is 2. The zero-order valence-corrected chi connectivity index (χ0v) is 11.1. The molecule has 4 heteroatoms. The van der Waals surface area contributed by atoms with E-state index in [-0.39, 0.29) is 11.1 Å². The Morgan fingerprint density at radius 1 is 1.10 bits per heavy atom. The fraction of sp³-hybridized carbons (Fsp3) is 1.00. The molecule has 0 unspecified atom stereocenters. The van der Waals surface area contributed by atoms with Gasteiger partial charge in [0, 0.05) is 51.3 Å². The molecule has 0 aliphatic carbocycles. The Kier molecular flexibility index (Phi) is 3.87. The summed E-state index contributed by atoms with van der Waals surface area (Å²) < 4.78 is 2.09. The predicted octanol–water partition coefficient (Wildman–Crippen LogP) is 2.50. The molecule has 0 aromatic rings. The van der Waals surface area contributed by atoms with Crippen LogP contribution in [0.3, 0.4) is 0 Å². The van der Waals surface area contributed by atoms with E-state index in [1.54, 1.807) is 0 Å². The van der Waals surface area contributed by atoms with E-state index in [4.69, 9.17) is 5.73 Å². The van der Waals surface area contributed by atoms with E-state index < -0.39 is 0 Å². The summed E-state index contributed by atoms with van der Waals surface area (Å²) in [6.07, 6.45) is 0. The van der Waals surface area contributed by atoms with Crippen LogP contribution >= 0.6 is 45.7 Å². The smallest absolute Gasteiger partial charge is 0.0525 e. The third-order valence-corrected chi connectivity index (χ3v) is 4.41. The highest BCUT2D eigenvalue weighted by molar-refractivity contribution is 14.2. The average molecular weight is 368 g/mol. The van der Waals surface area contributed by atoms with Gasteiger partial charge in [0.1, 0.15) is 0 Å². The van der Waals surface area contributed by atoms with Crippen molar-refractivity contribution in [3.8, 4) is 0 Å². The molecule has 62 valence electrons.